The van der Waals surface area contributed by atoms with E-state index in [1.165, 1.54) is 24.3 Å². The number of carbonyl (C=O) groups excluding carboxylic acids is 1. The van der Waals surface area contributed by atoms with E-state index in [1.54, 1.807) is 0 Å². The van der Waals surface area contributed by atoms with Crippen molar-refractivity contribution in [3.63, 3.8) is 0 Å². The Bertz CT molecular complexity index is 689. The maximum atomic E-state index is 13.0. The van der Waals surface area contributed by atoms with Gasteiger partial charge < -0.3 is 10.4 Å². The second-order valence-electron chi connectivity index (χ2n) is 3.80. The third-order valence-electron chi connectivity index (χ3n) is 2.38. The van der Waals surface area contributed by atoms with Gasteiger partial charge in [0.25, 0.3) is 5.91 Å². The molecule has 7 heteroatoms. The number of aromatic carboxylic acids is 1. The van der Waals surface area contributed by atoms with Crippen LogP contribution in [-0.2, 0) is 0 Å². The van der Waals surface area contributed by atoms with E-state index in [0.29, 0.717) is 0 Å². The highest BCUT2D eigenvalue weighted by molar-refractivity contribution is 6.03. The van der Waals surface area contributed by atoms with Crippen molar-refractivity contribution in [2.45, 2.75) is 0 Å². The summed E-state index contributed by atoms with van der Waals surface area (Å²) in [5, 5.41) is 11.1. The van der Waals surface area contributed by atoms with Gasteiger partial charge in [-0.05, 0) is 24.3 Å². The first kappa shape index (κ1) is 13.6. The van der Waals surface area contributed by atoms with E-state index in [2.05, 4.69) is 10.3 Å². The maximum Gasteiger partial charge on any atom is 0.354 e. The van der Waals surface area contributed by atoms with E-state index >= 15 is 0 Å². The molecular weight excluding hydrogens is 270 g/mol. The first-order chi connectivity index (χ1) is 9.47. The predicted molar refractivity (Wildman–Crippen MR) is 65.5 cm³/mol. The molecule has 2 aromatic rings. The Kier molecular flexibility index (Phi) is 3.69. The van der Waals surface area contributed by atoms with Crippen molar-refractivity contribution in [2.24, 2.45) is 0 Å². The molecule has 2 N–H and O–H groups in total. The van der Waals surface area contributed by atoms with Crippen LogP contribution in [0.1, 0.15) is 21.0 Å². The van der Waals surface area contributed by atoms with Crippen LogP contribution >= 0.6 is 0 Å². The fourth-order valence-electron chi connectivity index (χ4n) is 1.45. The highest BCUT2D eigenvalue weighted by atomic mass is 19.2. The van der Waals surface area contributed by atoms with Gasteiger partial charge in [0.05, 0.1) is 0 Å². The summed E-state index contributed by atoms with van der Waals surface area (Å²) in [6.45, 7) is 0. The Labute approximate surface area is 111 Å². The molecule has 1 aromatic carbocycles. The van der Waals surface area contributed by atoms with Crippen molar-refractivity contribution in [1.29, 1.82) is 0 Å². The number of carbonyl (C=O) groups is 2. The van der Waals surface area contributed by atoms with Gasteiger partial charge in [0.1, 0.15) is 11.4 Å². The zero-order valence-electron chi connectivity index (χ0n) is 9.93. The molecule has 0 spiro atoms. The lowest BCUT2D eigenvalue weighted by molar-refractivity contribution is 0.0690. The largest absolute Gasteiger partial charge is 0.477 e. The molecule has 0 fully saturated rings. The van der Waals surface area contributed by atoms with Crippen LogP contribution in [0.3, 0.4) is 0 Å². The number of aromatic nitrogens is 1. The summed E-state index contributed by atoms with van der Waals surface area (Å²) in [4.78, 5) is 26.2. The zero-order valence-corrected chi connectivity index (χ0v) is 9.93. The van der Waals surface area contributed by atoms with Gasteiger partial charge in [0.15, 0.2) is 11.6 Å². The van der Waals surface area contributed by atoms with Crippen molar-refractivity contribution >= 4 is 17.6 Å². The van der Waals surface area contributed by atoms with Crippen LogP contribution in [0.5, 0.6) is 0 Å². The Hall–Kier alpha value is -2.83. The number of carboxylic acid groups (broad SMARTS) is 1. The fourth-order valence-corrected chi connectivity index (χ4v) is 1.45. The predicted octanol–water partition coefficient (Wildman–Crippen LogP) is 2.31. The third kappa shape index (κ3) is 2.94. The van der Waals surface area contributed by atoms with Gasteiger partial charge in [-0.3, -0.25) is 4.79 Å². The molecule has 0 radical (unpaired) electrons. The Balaban J connectivity index is 2.21. The van der Waals surface area contributed by atoms with Gasteiger partial charge in [0, 0.05) is 11.8 Å². The summed E-state index contributed by atoms with van der Waals surface area (Å²) in [7, 11) is 0. The summed E-state index contributed by atoms with van der Waals surface area (Å²) >= 11 is 0. The number of hydrogen-bond donors (Lipinski definition) is 2. The fraction of sp³-hybridized carbons (Fsp3) is 0. The van der Waals surface area contributed by atoms with Crippen LogP contribution in [0.2, 0.25) is 0 Å². The molecule has 0 saturated carbocycles. The molecule has 0 aliphatic heterocycles. The topological polar surface area (TPSA) is 79.3 Å². The minimum atomic E-state index is -1.27. The van der Waals surface area contributed by atoms with Crippen molar-refractivity contribution in [2.75, 3.05) is 5.32 Å². The number of amides is 1. The van der Waals surface area contributed by atoms with Crippen LogP contribution in [0.25, 0.3) is 0 Å². The molecular formula is C13H8F2N2O3. The quantitative estimate of drug-likeness (QED) is 0.903. The van der Waals surface area contributed by atoms with E-state index in [-0.39, 0.29) is 17.1 Å². The van der Waals surface area contributed by atoms with Gasteiger partial charge in [-0.2, -0.15) is 0 Å². The molecule has 1 amide bonds. The lowest BCUT2D eigenvalue weighted by atomic mass is 10.2. The number of benzene rings is 1. The van der Waals surface area contributed by atoms with Gasteiger partial charge >= 0.3 is 5.97 Å². The van der Waals surface area contributed by atoms with Crippen LogP contribution in [-0.4, -0.2) is 22.0 Å². The molecule has 5 nitrogen and oxygen atoms in total. The van der Waals surface area contributed by atoms with Crippen LogP contribution in [0, 0.1) is 11.6 Å². The summed E-state index contributed by atoms with van der Waals surface area (Å²) < 4.78 is 25.7. The van der Waals surface area contributed by atoms with Crippen LogP contribution in [0.4, 0.5) is 14.5 Å². The van der Waals surface area contributed by atoms with E-state index in [1.807, 2.05) is 0 Å². The SMILES string of the molecule is O=C(O)c1cccc(C(=O)Nc2ccc(F)c(F)c2)n1. The Morgan fingerprint density at radius 1 is 1.05 bits per heavy atom. The van der Waals surface area contributed by atoms with Gasteiger partial charge in [-0.15, -0.1) is 0 Å². The second-order valence-corrected chi connectivity index (χ2v) is 3.80. The smallest absolute Gasteiger partial charge is 0.354 e. The lowest BCUT2D eigenvalue weighted by Gasteiger charge is -2.05. The number of carboxylic acids is 1. The lowest BCUT2D eigenvalue weighted by Crippen LogP contribution is -2.15. The minimum Gasteiger partial charge on any atom is -0.477 e. The number of pyridine rings is 1. The summed E-state index contributed by atoms with van der Waals surface area (Å²) in [6.07, 6.45) is 0. The summed E-state index contributed by atoms with van der Waals surface area (Å²) in [6, 6.07) is 6.76. The van der Waals surface area contributed by atoms with Crippen LogP contribution in [0.15, 0.2) is 36.4 Å². The van der Waals surface area contributed by atoms with Gasteiger partial charge in [0.2, 0.25) is 0 Å². The number of rotatable bonds is 3. The third-order valence-corrected chi connectivity index (χ3v) is 2.38. The average molecular weight is 278 g/mol. The molecule has 0 unspecified atom stereocenters. The number of halogens is 2. The summed E-state index contributed by atoms with van der Waals surface area (Å²) in [5.41, 5.74) is -0.394. The maximum absolute atomic E-state index is 13.0. The van der Waals surface area contributed by atoms with E-state index < -0.39 is 23.5 Å². The van der Waals surface area contributed by atoms with E-state index in [0.717, 1.165) is 12.1 Å². The first-order valence-corrected chi connectivity index (χ1v) is 5.44. The molecule has 2 rings (SSSR count). The molecule has 102 valence electrons. The monoisotopic (exact) mass is 278 g/mol. The number of anilines is 1. The van der Waals surface area contributed by atoms with E-state index in [4.69, 9.17) is 5.11 Å². The second kappa shape index (κ2) is 5.43. The van der Waals surface area contributed by atoms with Gasteiger partial charge in [-0.1, -0.05) is 6.07 Å². The molecule has 0 atom stereocenters. The Morgan fingerprint density at radius 2 is 1.75 bits per heavy atom. The highest BCUT2D eigenvalue weighted by Gasteiger charge is 2.12. The van der Waals surface area contributed by atoms with E-state index in [9.17, 15) is 18.4 Å². The number of hydrogen-bond acceptors (Lipinski definition) is 3. The van der Waals surface area contributed by atoms with Crippen molar-refractivity contribution < 1.29 is 23.5 Å². The first-order valence-electron chi connectivity index (χ1n) is 5.44. The molecule has 0 aliphatic rings. The molecule has 0 aliphatic carbocycles. The Morgan fingerprint density at radius 3 is 2.40 bits per heavy atom. The average Bonchev–Trinajstić information content (AvgIpc) is 2.43. The molecule has 1 aromatic heterocycles. The normalized spacial score (nSPS) is 10.1. The molecule has 0 bridgehead atoms. The zero-order chi connectivity index (χ0) is 14.7. The molecule has 20 heavy (non-hydrogen) atoms. The highest BCUT2D eigenvalue weighted by Crippen LogP contribution is 2.14. The number of nitrogens with zero attached hydrogens (tertiary/aromatic N) is 1. The minimum absolute atomic E-state index is 0.0384. The molecule has 1 heterocycles. The molecule has 0 saturated heterocycles. The number of nitrogens with one attached hydrogen (secondary N) is 1. The standard InChI is InChI=1S/C13H8F2N2O3/c14-8-5-4-7(6-9(8)15)16-12(18)10-2-1-3-11(17-10)13(19)20/h1-6H,(H,16,18)(H,19,20). The van der Waals surface area contributed by atoms with Crippen molar-refractivity contribution in [1.82, 2.24) is 4.98 Å². The summed E-state index contributed by atoms with van der Waals surface area (Å²) in [5.74, 6) is -4.13. The van der Waals surface area contributed by atoms with Gasteiger partial charge in [-0.25, -0.2) is 18.6 Å². The van der Waals surface area contributed by atoms with Crippen LogP contribution < -0.4 is 5.32 Å². The van der Waals surface area contributed by atoms with Crippen molar-refractivity contribution in [3.05, 3.63) is 59.4 Å². The van der Waals surface area contributed by atoms with Crippen molar-refractivity contribution in [3.8, 4) is 0 Å².